The summed E-state index contributed by atoms with van der Waals surface area (Å²) in [7, 11) is 0. The van der Waals surface area contributed by atoms with Crippen molar-refractivity contribution in [2.45, 2.75) is 13.3 Å². The molecule has 2 aliphatic rings. The van der Waals surface area contributed by atoms with E-state index in [1.807, 2.05) is 13.0 Å². The minimum atomic E-state index is -0.253. The molecule has 3 nitrogen and oxygen atoms in total. The number of fused-ring (bicyclic) bond motifs is 1. The van der Waals surface area contributed by atoms with E-state index in [-0.39, 0.29) is 12.4 Å². The van der Waals surface area contributed by atoms with Crippen molar-refractivity contribution in [1.29, 1.82) is 0 Å². The van der Waals surface area contributed by atoms with Crippen LogP contribution in [0.3, 0.4) is 0 Å². The zero-order valence-corrected chi connectivity index (χ0v) is 11.2. The average molecular weight is 270 g/mol. The van der Waals surface area contributed by atoms with Gasteiger partial charge in [-0.1, -0.05) is 6.07 Å². The lowest BCUT2D eigenvalue weighted by molar-refractivity contribution is 0.305. The van der Waals surface area contributed by atoms with Crippen LogP contribution in [0, 0.1) is 5.82 Å². The number of aliphatic hydroxyl groups excluding tert-OH is 1. The third-order valence-electron chi connectivity index (χ3n) is 3.75. The van der Waals surface area contributed by atoms with Gasteiger partial charge in [0.05, 0.1) is 6.54 Å². The summed E-state index contributed by atoms with van der Waals surface area (Å²) in [5.41, 5.74) is 6.19. The van der Waals surface area contributed by atoms with Crippen molar-refractivity contribution in [1.82, 2.24) is 0 Å². The fourth-order valence-electron chi connectivity index (χ4n) is 2.89. The second-order valence-electron chi connectivity index (χ2n) is 4.90. The van der Waals surface area contributed by atoms with Crippen LogP contribution in [0.1, 0.15) is 24.5 Å². The van der Waals surface area contributed by atoms with E-state index < -0.39 is 0 Å². The minimum Gasteiger partial charge on any atom is -0.396 e. The third-order valence-corrected chi connectivity index (χ3v) is 3.75. The molecule has 1 aromatic carbocycles. The highest BCUT2D eigenvalue weighted by molar-refractivity contribution is 6.01. The standard InChI is InChI=1S/C16H15FN2O/c1-10-13(5-7-20)15-8-12(17)2-3-14(15)16(10)11-4-6-18-19-9-11/h2-4,6,8,20H,5,7,9H2,1H3. The normalized spacial score (nSPS) is 20.8. The van der Waals surface area contributed by atoms with Gasteiger partial charge in [-0.15, -0.1) is 0 Å². The lowest BCUT2D eigenvalue weighted by Gasteiger charge is -2.10. The van der Waals surface area contributed by atoms with Gasteiger partial charge < -0.3 is 5.11 Å². The first-order valence-electron chi connectivity index (χ1n) is 6.60. The molecule has 0 saturated heterocycles. The number of hydrogen-bond acceptors (Lipinski definition) is 3. The fraction of sp³-hybridized carbons (Fsp3) is 0.250. The Labute approximate surface area is 116 Å². The number of halogens is 1. The maximum absolute atomic E-state index is 13.5. The SMILES string of the molecule is CC1=C(CCO)c2cc(F)ccc2C1=C1C=CN=NC1. The van der Waals surface area contributed by atoms with Crippen LogP contribution in [0.2, 0.25) is 0 Å². The van der Waals surface area contributed by atoms with E-state index in [1.165, 1.54) is 6.07 Å². The lowest BCUT2D eigenvalue weighted by atomic mass is 9.97. The van der Waals surface area contributed by atoms with E-state index >= 15 is 0 Å². The third kappa shape index (κ3) is 2.02. The van der Waals surface area contributed by atoms with E-state index in [0.29, 0.717) is 13.0 Å². The molecular formula is C16H15FN2O. The van der Waals surface area contributed by atoms with Gasteiger partial charge in [0.1, 0.15) is 5.82 Å². The Morgan fingerprint density at radius 1 is 1.30 bits per heavy atom. The van der Waals surface area contributed by atoms with Crippen LogP contribution in [-0.4, -0.2) is 18.3 Å². The first-order valence-corrected chi connectivity index (χ1v) is 6.60. The summed E-state index contributed by atoms with van der Waals surface area (Å²) in [6.45, 7) is 2.61. The number of nitrogens with zero attached hydrogens (tertiary/aromatic N) is 2. The Balaban J connectivity index is 2.22. The summed E-state index contributed by atoms with van der Waals surface area (Å²) in [5.74, 6) is -0.253. The quantitative estimate of drug-likeness (QED) is 0.874. The second-order valence-corrected chi connectivity index (χ2v) is 4.90. The number of azo groups is 1. The fourth-order valence-corrected chi connectivity index (χ4v) is 2.89. The Morgan fingerprint density at radius 3 is 2.85 bits per heavy atom. The molecule has 1 heterocycles. The van der Waals surface area contributed by atoms with Crippen molar-refractivity contribution >= 4 is 11.1 Å². The molecule has 4 heteroatoms. The summed E-state index contributed by atoms with van der Waals surface area (Å²) in [5, 5.41) is 17.1. The number of allylic oxidation sites excluding steroid dienone is 2. The molecule has 0 atom stereocenters. The maximum atomic E-state index is 13.5. The van der Waals surface area contributed by atoms with Gasteiger partial charge in [0.15, 0.2) is 0 Å². The topological polar surface area (TPSA) is 45.0 Å². The summed E-state index contributed by atoms with van der Waals surface area (Å²) < 4.78 is 13.5. The summed E-state index contributed by atoms with van der Waals surface area (Å²) in [6, 6.07) is 4.83. The summed E-state index contributed by atoms with van der Waals surface area (Å²) in [6.07, 6.45) is 4.15. The zero-order valence-electron chi connectivity index (χ0n) is 11.2. The van der Waals surface area contributed by atoms with E-state index in [4.69, 9.17) is 0 Å². The van der Waals surface area contributed by atoms with Crippen LogP contribution in [0.25, 0.3) is 11.1 Å². The van der Waals surface area contributed by atoms with E-state index in [2.05, 4.69) is 10.2 Å². The average Bonchev–Trinajstić information content (AvgIpc) is 2.73. The predicted molar refractivity (Wildman–Crippen MR) is 76.5 cm³/mol. The highest BCUT2D eigenvalue weighted by Crippen LogP contribution is 2.44. The number of aliphatic hydroxyl groups is 1. The van der Waals surface area contributed by atoms with Gasteiger partial charge in [0.2, 0.25) is 0 Å². The molecule has 0 unspecified atom stereocenters. The molecule has 102 valence electrons. The first-order chi connectivity index (χ1) is 9.72. The van der Waals surface area contributed by atoms with Crippen molar-refractivity contribution < 1.29 is 9.50 Å². The maximum Gasteiger partial charge on any atom is 0.123 e. The molecule has 20 heavy (non-hydrogen) atoms. The van der Waals surface area contributed by atoms with Crippen molar-refractivity contribution in [3.05, 3.63) is 58.6 Å². The highest BCUT2D eigenvalue weighted by Gasteiger charge is 2.25. The van der Waals surface area contributed by atoms with E-state index in [9.17, 15) is 9.50 Å². The lowest BCUT2D eigenvalue weighted by Crippen LogP contribution is -1.95. The molecule has 0 spiro atoms. The predicted octanol–water partition coefficient (Wildman–Crippen LogP) is 3.73. The van der Waals surface area contributed by atoms with Crippen LogP contribution >= 0.6 is 0 Å². The summed E-state index contributed by atoms with van der Waals surface area (Å²) in [4.78, 5) is 0. The molecule has 1 N–H and O–H groups in total. The highest BCUT2D eigenvalue weighted by atomic mass is 19.1. The zero-order chi connectivity index (χ0) is 14.1. The Kier molecular flexibility index (Phi) is 3.32. The molecule has 1 aromatic rings. The second kappa shape index (κ2) is 5.13. The molecule has 1 aliphatic carbocycles. The van der Waals surface area contributed by atoms with Gasteiger partial charge in [-0.3, -0.25) is 0 Å². The van der Waals surface area contributed by atoms with Crippen molar-refractivity contribution in [3.8, 4) is 0 Å². The smallest absolute Gasteiger partial charge is 0.123 e. The van der Waals surface area contributed by atoms with Crippen molar-refractivity contribution in [3.63, 3.8) is 0 Å². The number of benzene rings is 1. The van der Waals surface area contributed by atoms with E-state index in [1.54, 1.807) is 18.3 Å². The van der Waals surface area contributed by atoms with Gasteiger partial charge in [0.25, 0.3) is 0 Å². The van der Waals surface area contributed by atoms with Crippen molar-refractivity contribution in [2.24, 2.45) is 10.2 Å². The number of rotatable bonds is 2. The molecule has 1 aliphatic heterocycles. The molecular weight excluding hydrogens is 255 g/mol. The molecule has 3 rings (SSSR count). The van der Waals surface area contributed by atoms with Crippen molar-refractivity contribution in [2.75, 3.05) is 13.2 Å². The summed E-state index contributed by atoms with van der Waals surface area (Å²) >= 11 is 0. The Hall–Kier alpha value is -2.07. The Morgan fingerprint density at radius 2 is 2.15 bits per heavy atom. The van der Waals surface area contributed by atoms with Crippen LogP contribution in [0.15, 0.2) is 51.8 Å². The van der Waals surface area contributed by atoms with Gasteiger partial charge in [-0.2, -0.15) is 10.2 Å². The first kappa shape index (κ1) is 12.9. The molecule has 0 amide bonds. The van der Waals surface area contributed by atoms with Gasteiger partial charge in [-0.05, 0) is 65.0 Å². The molecule has 0 fully saturated rings. The van der Waals surface area contributed by atoms with Gasteiger partial charge >= 0.3 is 0 Å². The van der Waals surface area contributed by atoms with Crippen LogP contribution in [0.5, 0.6) is 0 Å². The molecule has 0 bridgehead atoms. The monoisotopic (exact) mass is 270 g/mol. The number of hydrogen-bond donors (Lipinski definition) is 1. The van der Waals surface area contributed by atoms with E-state index in [0.717, 1.165) is 33.4 Å². The molecule has 0 radical (unpaired) electrons. The van der Waals surface area contributed by atoms with Crippen LogP contribution < -0.4 is 0 Å². The Bertz CT molecular complexity index is 684. The minimum absolute atomic E-state index is 0.0563. The molecule has 0 aromatic heterocycles. The van der Waals surface area contributed by atoms with Crippen LogP contribution in [-0.2, 0) is 0 Å². The van der Waals surface area contributed by atoms with Gasteiger partial charge in [0, 0.05) is 12.8 Å². The van der Waals surface area contributed by atoms with Gasteiger partial charge in [-0.25, -0.2) is 4.39 Å². The molecule has 0 saturated carbocycles. The van der Waals surface area contributed by atoms with Crippen LogP contribution in [0.4, 0.5) is 4.39 Å². The largest absolute Gasteiger partial charge is 0.396 e.